The number of carbonyl (C=O) groups excluding carboxylic acids is 5. The van der Waals surface area contributed by atoms with Crippen molar-refractivity contribution in [2.75, 3.05) is 0 Å². The molecule has 0 radical (unpaired) electrons. The number of hydrogen-bond acceptors (Lipinski definition) is 6. The lowest BCUT2D eigenvalue weighted by Gasteiger charge is -2.42. The average Bonchev–Trinajstić information content (AvgIpc) is 3.03. The van der Waals surface area contributed by atoms with Crippen molar-refractivity contribution in [3.8, 4) is 5.75 Å². The molecule has 1 aromatic rings. The van der Waals surface area contributed by atoms with Crippen LogP contribution in [0.2, 0.25) is 0 Å². The van der Waals surface area contributed by atoms with Gasteiger partial charge in [-0.25, -0.2) is 9.18 Å². The summed E-state index contributed by atoms with van der Waals surface area (Å²) in [6.45, 7) is 1.53. The topological polar surface area (TPSA) is 135 Å². The van der Waals surface area contributed by atoms with E-state index in [1.54, 1.807) is 6.08 Å². The number of aromatic hydroxyl groups is 1. The van der Waals surface area contributed by atoms with Crippen molar-refractivity contribution in [2.24, 2.45) is 23.5 Å². The summed E-state index contributed by atoms with van der Waals surface area (Å²) in [4.78, 5) is 64.0. The summed E-state index contributed by atoms with van der Waals surface area (Å²) in [5.41, 5.74) is 6.89. The Bertz CT molecular complexity index is 1290. The highest BCUT2D eigenvalue weighted by atomic mass is 19.1. The number of halogens is 1. The Morgan fingerprint density at radius 1 is 1.15 bits per heavy atom. The molecule has 4 atom stereocenters. The fourth-order valence-corrected chi connectivity index (χ4v) is 5.66. The van der Waals surface area contributed by atoms with E-state index in [0.29, 0.717) is 16.0 Å². The van der Waals surface area contributed by atoms with Gasteiger partial charge in [-0.1, -0.05) is 17.7 Å². The van der Waals surface area contributed by atoms with Gasteiger partial charge in [-0.15, -0.1) is 0 Å². The fourth-order valence-electron chi connectivity index (χ4n) is 5.66. The van der Waals surface area contributed by atoms with Crippen LogP contribution in [0.5, 0.6) is 5.75 Å². The number of phenols is 1. The number of phenolic OH excluding ortho intramolecular Hbond substituents is 1. The van der Waals surface area contributed by atoms with Crippen molar-refractivity contribution in [2.45, 2.75) is 25.7 Å². The third kappa shape index (κ3) is 2.84. The van der Waals surface area contributed by atoms with Crippen LogP contribution in [0.25, 0.3) is 0 Å². The van der Waals surface area contributed by atoms with E-state index in [0.717, 1.165) is 12.1 Å². The molecule has 3 N–H and O–H groups in total. The minimum absolute atomic E-state index is 0.0410. The van der Waals surface area contributed by atoms with Crippen LogP contribution >= 0.6 is 0 Å². The molecule has 8 nitrogen and oxygen atoms in total. The van der Waals surface area contributed by atoms with Crippen LogP contribution in [0.1, 0.15) is 31.2 Å². The van der Waals surface area contributed by atoms with Crippen molar-refractivity contribution < 1.29 is 33.5 Å². The second-order valence-electron chi connectivity index (χ2n) is 8.79. The number of allylic oxidation sites excluding steroid dienone is 6. The Labute approximate surface area is 187 Å². The van der Waals surface area contributed by atoms with E-state index < -0.39 is 53.1 Å². The molecule has 4 amide bonds. The van der Waals surface area contributed by atoms with Gasteiger partial charge in [0.1, 0.15) is 0 Å². The van der Waals surface area contributed by atoms with Gasteiger partial charge >= 0.3 is 6.03 Å². The number of nitrogens with two attached hydrogens (primary N) is 1. The Kier molecular flexibility index (Phi) is 4.49. The van der Waals surface area contributed by atoms with E-state index in [2.05, 4.69) is 0 Å². The highest BCUT2D eigenvalue weighted by Gasteiger charge is 2.57. The molecule has 5 rings (SSSR count). The van der Waals surface area contributed by atoms with Crippen LogP contribution < -0.4 is 5.73 Å². The largest absolute Gasteiger partial charge is 0.505 e. The van der Waals surface area contributed by atoms with Gasteiger partial charge in [0.25, 0.3) is 0 Å². The molecule has 0 spiro atoms. The van der Waals surface area contributed by atoms with Crippen LogP contribution in [0, 0.1) is 23.6 Å². The van der Waals surface area contributed by atoms with E-state index in [1.165, 1.54) is 19.1 Å². The molecule has 4 aliphatic rings. The molecule has 0 bridgehead atoms. The predicted molar refractivity (Wildman–Crippen MR) is 111 cm³/mol. The summed E-state index contributed by atoms with van der Waals surface area (Å²) in [6.07, 6.45) is 3.16. The Hall–Kier alpha value is -3.88. The highest BCUT2D eigenvalue weighted by Crippen LogP contribution is 2.55. The standard InChI is InChI=1S/C24H19FN2O6/c1-9-6-17(29)14-8-13-11(3-4-12-19(13)23(32)27(22(12)31)24(26)33)18(20(14)21(9)30)10-2-5-16(28)15(25)7-10/h2-3,5-7,12-13,18-19,28H,4,8H2,1H3,(H2,26,33). The number of carbonyl (C=O) groups is 5. The number of Topliss-reactive ketones (excluding diaryl/α,β-unsaturated/α-hetero) is 1. The maximum atomic E-state index is 14.3. The summed E-state index contributed by atoms with van der Waals surface area (Å²) in [6, 6.07) is 2.57. The first kappa shape index (κ1) is 21.0. The quantitative estimate of drug-likeness (QED) is 0.382. The Morgan fingerprint density at radius 3 is 2.55 bits per heavy atom. The first-order valence-electron chi connectivity index (χ1n) is 10.5. The number of rotatable bonds is 1. The predicted octanol–water partition coefficient (Wildman–Crippen LogP) is 2.04. The molecular formula is C24H19FN2O6. The molecule has 1 heterocycles. The summed E-state index contributed by atoms with van der Waals surface area (Å²) in [7, 11) is 0. The number of nitrogens with zero attached hydrogens (tertiary/aromatic N) is 1. The lowest BCUT2D eigenvalue weighted by atomic mass is 9.59. The Morgan fingerprint density at radius 2 is 1.88 bits per heavy atom. The normalized spacial score (nSPS) is 28.8. The number of likely N-dealkylation sites (tertiary alicyclic amines) is 1. The van der Waals surface area contributed by atoms with Gasteiger partial charge in [0.15, 0.2) is 23.1 Å². The summed E-state index contributed by atoms with van der Waals surface area (Å²) in [5.74, 6) is -6.78. The molecule has 0 aromatic heterocycles. The average molecular weight is 450 g/mol. The fraction of sp³-hybridized carbons (Fsp3) is 0.292. The third-order valence-corrected chi connectivity index (χ3v) is 7.09. The van der Waals surface area contributed by atoms with Crippen LogP contribution in [0.15, 0.2) is 52.6 Å². The summed E-state index contributed by atoms with van der Waals surface area (Å²) >= 11 is 0. The molecule has 1 fully saturated rings. The van der Waals surface area contributed by atoms with Gasteiger partial charge in [-0.2, -0.15) is 4.90 Å². The van der Waals surface area contributed by atoms with Gasteiger partial charge in [0.05, 0.1) is 11.8 Å². The van der Waals surface area contributed by atoms with Crippen LogP contribution in [-0.4, -0.2) is 39.4 Å². The molecule has 3 aliphatic carbocycles. The molecule has 1 aromatic carbocycles. The summed E-state index contributed by atoms with van der Waals surface area (Å²) < 4.78 is 14.3. The van der Waals surface area contributed by atoms with Gasteiger partial charge in [0.2, 0.25) is 11.8 Å². The first-order valence-corrected chi connectivity index (χ1v) is 10.5. The molecule has 0 saturated carbocycles. The number of imide groups is 3. The van der Waals surface area contributed by atoms with E-state index in [9.17, 15) is 33.5 Å². The zero-order valence-corrected chi connectivity index (χ0v) is 17.5. The van der Waals surface area contributed by atoms with E-state index in [-0.39, 0.29) is 41.1 Å². The second-order valence-corrected chi connectivity index (χ2v) is 8.79. The zero-order chi connectivity index (χ0) is 23.8. The van der Waals surface area contributed by atoms with Crippen molar-refractivity contribution in [1.29, 1.82) is 0 Å². The number of benzene rings is 1. The number of amides is 4. The van der Waals surface area contributed by atoms with E-state index >= 15 is 0 Å². The van der Waals surface area contributed by atoms with Crippen LogP contribution in [0.3, 0.4) is 0 Å². The molecule has 4 unspecified atom stereocenters. The van der Waals surface area contributed by atoms with Crippen molar-refractivity contribution in [1.82, 2.24) is 4.90 Å². The Balaban J connectivity index is 1.70. The molecule has 1 saturated heterocycles. The lowest BCUT2D eigenvalue weighted by molar-refractivity contribution is -0.136. The summed E-state index contributed by atoms with van der Waals surface area (Å²) in [5, 5.41) is 9.65. The van der Waals surface area contributed by atoms with Crippen LogP contribution in [0.4, 0.5) is 9.18 Å². The monoisotopic (exact) mass is 450 g/mol. The van der Waals surface area contributed by atoms with Crippen molar-refractivity contribution in [3.05, 3.63) is 64.0 Å². The number of hydrogen-bond donors (Lipinski definition) is 2. The molecule has 9 heteroatoms. The van der Waals surface area contributed by atoms with Gasteiger partial charge in [-0.3, -0.25) is 19.2 Å². The van der Waals surface area contributed by atoms with Gasteiger partial charge in [-0.05, 0) is 49.5 Å². The molecule has 33 heavy (non-hydrogen) atoms. The number of primary amides is 1. The molecule has 1 aliphatic heterocycles. The maximum Gasteiger partial charge on any atom is 0.328 e. The molecular weight excluding hydrogens is 431 g/mol. The minimum Gasteiger partial charge on any atom is -0.505 e. The van der Waals surface area contributed by atoms with Crippen molar-refractivity contribution >= 4 is 29.4 Å². The lowest BCUT2D eigenvalue weighted by Crippen LogP contribution is -2.42. The number of ketones is 2. The maximum absolute atomic E-state index is 14.3. The van der Waals surface area contributed by atoms with Crippen molar-refractivity contribution in [3.63, 3.8) is 0 Å². The first-order chi connectivity index (χ1) is 15.6. The highest BCUT2D eigenvalue weighted by molar-refractivity contribution is 6.24. The van der Waals surface area contributed by atoms with Gasteiger partial charge < -0.3 is 10.8 Å². The van der Waals surface area contributed by atoms with E-state index in [4.69, 9.17) is 5.73 Å². The zero-order valence-electron chi connectivity index (χ0n) is 17.5. The third-order valence-electron chi connectivity index (χ3n) is 7.09. The minimum atomic E-state index is -1.16. The number of fused-ring (bicyclic) bond motifs is 3. The SMILES string of the molecule is CC1=CC(=O)C2=C(C1=O)C(c1ccc(O)c(F)c1)C1=CCC3C(=O)N(C(N)=O)C(=O)C3C1C2. The molecule has 168 valence electrons. The second kappa shape index (κ2) is 7.06. The van der Waals surface area contributed by atoms with Crippen LogP contribution in [-0.2, 0) is 19.2 Å². The number of urea groups is 1. The van der Waals surface area contributed by atoms with Gasteiger partial charge in [0, 0.05) is 22.6 Å². The smallest absolute Gasteiger partial charge is 0.328 e. The van der Waals surface area contributed by atoms with E-state index in [1.807, 2.05) is 0 Å².